The standard InChI is InChI=1S/C28H53N2O5P/c1-4-5-6-7-8-9-10-11-12-13-14-15-16-17-19-26(32)22-25(30-24(2)31)23-28(34)36(35)27(33)20-18-21-29-3/h25,29,35H,4-23H2,1-3H3,(H,30,31). The lowest BCUT2D eigenvalue weighted by molar-refractivity contribution is -0.122. The first-order valence-corrected chi connectivity index (χ1v) is 15.6. The van der Waals surface area contributed by atoms with Gasteiger partial charge in [0, 0.05) is 38.6 Å². The lowest BCUT2D eigenvalue weighted by Gasteiger charge is -2.18. The Bertz CT molecular complexity index is 615. The summed E-state index contributed by atoms with van der Waals surface area (Å²) in [6.07, 6.45) is 18.5. The summed E-state index contributed by atoms with van der Waals surface area (Å²) in [5.74, 6) is -0.331. The molecular formula is C28H53N2O5P. The highest BCUT2D eigenvalue weighted by molar-refractivity contribution is 7.84. The molecule has 0 bridgehead atoms. The third kappa shape index (κ3) is 21.0. The molecule has 0 heterocycles. The highest BCUT2D eigenvalue weighted by atomic mass is 31.1. The molecule has 2 atom stereocenters. The molecule has 0 saturated carbocycles. The number of hydrogen-bond donors (Lipinski definition) is 3. The van der Waals surface area contributed by atoms with Crippen LogP contribution in [0.5, 0.6) is 0 Å². The zero-order valence-corrected chi connectivity index (χ0v) is 24.1. The number of carbonyl (C=O) groups excluding carboxylic acids is 4. The van der Waals surface area contributed by atoms with Crippen LogP contribution in [0, 0.1) is 0 Å². The average molecular weight is 529 g/mol. The molecule has 0 aromatic rings. The molecule has 8 heteroatoms. The molecule has 0 rings (SSSR count). The summed E-state index contributed by atoms with van der Waals surface area (Å²) in [5.41, 5.74) is -1.04. The number of rotatable bonds is 26. The van der Waals surface area contributed by atoms with E-state index in [1.54, 1.807) is 7.05 Å². The first kappa shape index (κ1) is 34.8. The summed E-state index contributed by atoms with van der Waals surface area (Å²) in [4.78, 5) is 58.4. The quantitative estimate of drug-likeness (QED) is 0.0916. The van der Waals surface area contributed by atoms with Gasteiger partial charge in [-0.15, -0.1) is 0 Å². The molecule has 1 amide bonds. The number of unbranched alkanes of at least 4 members (excludes halogenated alkanes) is 13. The fraction of sp³-hybridized carbons (Fsp3) is 0.857. The van der Waals surface area contributed by atoms with Crippen LogP contribution in [0.15, 0.2) is 0 Å². The Morgan fingerprint density at radius 3 is 1.67 bits per heavy atom. The summed E-state index contributed by atoms with van der Waals surface area (Å²) in [7, 11) is -0.630. The molecule has 0 aromatic heterocycles. The van der Waals surface area contributed by atoms with Gasteiger partial charge in [-0.05, 0) is 26.4 Å². The van der Waals surface area contributed by atoms with E-state index in [4.69, 9.17) is 0 Å². The minimum atomic E-state index is -2.40. The maximum atomic E-state index is 12.4. The van der Waals surface area contributed by atoms with Crippen LogP contribution in [0.4, 0.5) is 0 Å². The maximum absolute atomic E-state index is 12.4. The van der Waals surface area contributed by atoms with E-state index in [1.807, 2.05) is 0 Å². The topological polar surface area (TPSA) is 113 Å². The maximum Gasteiger partial charge on any atom is 0.217 e. The van der Waals surface area contributed by atoms with Crippen molar-refractivity contribution in [3.8, 4) is 0 Å². The van der Waals surface area contributed by atoms with Crippen molar-refractivity contribution in [2.75, 3.05) is 13.6 Å². The first-order valence-electron chi connectivity index (χ1n) is 14.3. The van der Waals surface area contributed by atoms with Crippen molar-refractivity contribution in [3.05, 3.63) is 0 Å². The molecule has 0 fully saturated rings. The SMILES string of the molecule is CCCCCCCCCCCCCCCCC(=O)CC(CC(=O)P(O)C(=O)CCCNC)NC(C)=O. The molecule has 210 valence electrons. The van der Waals surface area contributed by atoms with Crippen LogP contribution in [-0.4, -0.2) is 47.3 Å². The Hall–Kier alpha value is -1.17. The predicted octanol–water partition coefficient (Wildman–Crippen LogP) is 6.15. The van der Waals surface area contributed by atoms with E-state index >= 15 is 0 Å². The van der Waals surface area contributed by atoms with Crippen molar-refractivity contribution in [1.29, 1.82) is 0 Å². The van der Waals surface area contributed by atoms with Crippen molar-refractivity contribution >= 4 is 30.9 Å². The van der Waals surface area contributed by atoms with Crippen LogP contribution in [0.2, 0.25) is 0 Å². The Morgan fingerprint density at radius 1 is 0.694 bits per heavy atom. The number of Topliss-reactive ketones (excluding diaryl/α,β-unsaturated/α-hetero) is 1. The van der Waals surface area contributed by atoms with E-state index in [9.17, 15) is 24.1 Å². The van der Waals surface area contributed by atoms with E-state index in [1.165, 1.54) is 77.6 Å². The summed E-state index contributed by atoms with van der Waals surface area (Å²) in [5, 5.41) is 5.55. The lowest BCUT2D eigenvalue weighted by atomic mass is 10.0. The van der Waals surface area contributed by atoms with Gasteiger partial charge in [0.15, 0.2) is 19.2 Å². The van der Waals surface area contributed by atoms with Gasteiger partial charge in [0.05, 0.1) is 0 Å². The zero-order chi connectivity index (χ0) is 27.0. The molecule has 2 unspecified atom stereocenters. The van der Waals surface area contributed by atoms with Crippen LogP contribution < -0.4 is 10.6 Å². The van der Waals surface area contributed by atoms with Crippen molar-refractivity contribution in [1.82, 2.24) is 10.6 Å². The van der Waals surface area contributed by atoms with Crippen LogP contribution >= 0.6 is 8.15 Å². The first-order chi connectivity index (χ1) is 17.3. The second-order valence-electron chi connectivity index (χ2n) is 10.00. The van der Waals surface area contributed by atoms with Crippen LogP contribution in [0.3, 0.4) is 0 Å². The highest BCUT2D eigenvalue weighted by Crippen LogP contribution is 2.36. The van der Waals surface area contributed by atoms with Crippen molar-refractivity contribution in [2.45, 2.75) is 142 Å². The van der Waals surface area contributed by atoms with Gasteiger partial charge < -0.3 is 15.5 Å². The smallest absolute Gasteiger partial charge is 0.217 e. The molecule has 0 spiro atoms. The Kier molecular flexibility index (Phi) is 23.4. The number of hydrogen-bond acceptors (Lipinski definition) is 6. The molecule has 0 aliphatic rings. The fourth-order valence-corrected chi connectivity index (χ4v) is 5.36. The third-order valence-corrected chi connectivity index (χ3v) is 7.75. The fourth-order valence-electron chi connectivity index (χ4n) is 4.31. The molecule has 0 saturated heterocycles. The number of ketones is 1. The van der Waals surface area contributed by atoms with Crippen molar-refractivity contribution in [3.63, 3.8) is 0 Å². The highest BCUT2D eigenvalue weighted by Gasteiger charge is 2.27. The van der Waals surface area contributed by atoms with Gasteiger partial charge in [-0.1, -0.05) is 90.4 Å². The average Bonchev–Trinajstić information content (AvgIpc) is 2.83. The molecule has 0 aliphatic heterocycles. The van der Waals surface area contributed by atoms with Gasteiger partial charge in [-0.2, -0.15) is 0 Å². The van der Waals surface area contributed by atoms with E-state index in [0.717, 1.165) is 19.3 Å². The second-order valence-corrected chi connectivity index (χ2v) is 11.6. The van der Waals surface area contributed by atoms with E-state index < -0.39 is 25.2 Å². The van der Waals surface area contributed by atoms with Gasteiger partial charge in [0.25, 0.3) is 0 Å². The van der Waals surface area contributed by atoms with Gasteiger partial charge >= 0.3 is 0 Å². The van der Waals surface area contributed by atoms with Gasteiger partial charge in [0.2, 0.25) is 5.91 Å². The Labute approximate surface area is 221 Å². The summed E-state index contributed by atoms with van der Waals surface area (Å²) < 4.78 is 0. The van der Waals surface area contributed by atoms with Crippen LogP contribution in [-0.2, 0) is 19.2 Å². The molecular weight excluding hydrogens is 475 g/mol. The molecule has 3 N–H and O–H groups in total. The van der Waals surface area contributed by atoms with Crippen LogP contribution in [0.1, 0.15) is 136 Å². The van der Waals surface area contributed by atoms with Crippen molar-refractivity contribution in [2.24, 2.45) is 0 Å². The monoisotopic (exact) mass is 528 g/mol. The van der Waals surface area contributed by atoms with Gasteiger partial charge in [0.1, 0.15) is 5.78 Å². The van der Waals surface area contributed by atoms with Gasteiger partial charge in [-0.25, -0.2) is 0 Å². The zero-order valence-electron chi connectivity index (χ0n) is 23.2. The number of carbonyl (C=O) groups is 4. The third-order valence-electron chi connectivity index (χ3n) is 6.40. The number of amides is 1. The lowest BCUT2D eigenvalue weighted by Crippen LogP contribution is -2.36. The largest absolute Gasteiger partial charge is 0.360 e. The molecule has 36 heavy (non-hydrogen) atoms. The minimum absolute atomic E-state index is 0.00287. The van der Waals surface area contributed by atoms with Gasteiger partial charge in [-0.3, -0.25) is 19.2 Å². The van der Waals surface area contributed by atoms with E-state index in [2.05, 4.69) is 17.6 Å². The molecule has 0 radical (unpaired) electrons. The molecule has 7 nitrogen and oxygen atoms in total. The Morgan fingerprint density at radius 2 is 1.19 bits per heavy atom. The van der Waals surface area contributed by atoms with Crippen LogP contribution in [0.25, 0.3) is 0 Å². The van der Waals surface area contributed by atoms with E-state index in [-0.39, 0.29) is 31.0 Å². The summed E-state index contributed by atoms with van der Waals surface area (Å²) >= 11 is 0. The number of nitrogens with one attached hydrogen (secondary N) is 2. The molecule has 0 aliphatic carbocycles. The predicted molar refractivity (Wildman–Crippen MR) is 149 cm³/mol. The summed E-state index contributed by atoms with van der Waals surface area (Å²) in [6, 6.07) is -0.670. The minimum Gasteiger partial charge on any atom is -0.360 e. The Balaban J connectivity index is 4.02. The van der Waals surface area contributed by atoms with Crippen molar-refractivity contribution < 1.29 is 24.1 Å². The normalized spacial score (nSPS) is 12.8. The summed E-state index contributed by atoms with van der Waals surface area (Å²) in [6.45, 7) is 4.21. The second kappa shape index (κ2) is 24.2. The van der Waals surface area contributed by atoms with E-state index in [0.29, 0.717) is 19.4 Å². The molecule has 0 aromatic carbocycles.